The molecule has 0 N–H and O–H groups in total. The minimum absolute atomic E-state index is 0.181. The van der Waals surface area contributed by atoms with Crippen LogP contribution in [0.25, 0.3) is 0 Å². The maximum absolute atomic E-state index is 12.9. The lowest BCUT2D eigenvalue weighted by Gasteiger charge is -2.17. The Morgan fingerprint density at radius 1 is 1.05 bits per heavy atom. The Bertz CT molecular complexity index is 649. The predicted octanol–water partition coefficient (Wildman–Crippen LogP) is 3.72. The minimum atomic E-state index is -0.300. The first-order valence-electron chi connectivity index (χ1n) is 6.02. The molecule has 1 aliphatic rings. The zero-order valence-electron chi connectivity index (χ0n) is 10.1. The second kappa shape index (κ2) is 4.72. The molecule has 4 heteroatoms. The zero-order chi connectivity index (χ0) is 13.2. The van der Waals surface area contributed by atoms with E-state index in [1.54, 1.807) is 18.2 Å². The van der Waals surface area contributed by atoms with Gasteiger partial charge in [0.15, 0.2) is 0 Å². The Morgan fingerprint density at radius 3 is 2.58 bits per heavy atom. The summed E-state index contributed by atoms with van der Waals surface area (Å²) in [5, 5.41) is 7.73. The van der Waals surface area contributed by atoms with Crippen molar-refractivity contribution in [1.82, 2.24) is 0 Å². The second-order valence-corrected chi connectivity index (χ2v) is 4.45. The van der Waals surface area contributed by atoms with Crippen molar-refractivity contribution in [2.24, 2.45) is 10.2 Å². The van der Waals surface area contributed by atoms with Crippen molar-refractivity contribution in [3.05, 3.63) is 71.0 Å². The molecule has 3 nitrogen and oxygen atoms in total. The van der Waals surface area contributed by atoms with E-state index in [9.17, 15) is 9.18 Å². The summed E-state index contributed by atoms with van der Waals surface area (Å²) in [5.41, 5.74) is 2.45. The van der Waals surface area contributed by atoms with Gasteiger partial charge in [-0.3, -0.25) is 4.79 Å². The predicted molar refractivity (Wildman–Crippen MR) is 68.5 cm³/mol. The summed E-state index contributed by atoms with van der Waals surface area (Å²) in [5.74, 6) is -0.560. The third-order valence-corrected chi connectivity index (χ3v) is 3.18. The molecule has 2 aromatic carbocycles. The Kier molecular flexibility index (Phi) is 2.91. The topological polar surface area (TPSA) is 41.8 Å². The summed E-state index contributed by atoms with van der Waals surface area (Å²) in [6.07, 6.45) is 0.605. The van der Waals surface area contributed by atoms with Gasteiger partial charge in [0.25, 0.3) is 5.91 Å². The summed E-state index contributed by atoms with van der Waals surface area (Å²) in [6, 6.07) is 13.5. The van der Waals surface area contributed by atoms with Crippen molar-refractivity contribution >= 4 is 5.91 Å². The molecule has 0 aliphatic carbocycles. The molecule has 1 heterocycles. The highest BCUT2D eigenvalue weighted by Gasteiger charge is 2.23. The van der Waals surface area contributed by atoms with Crippen molar-refractivity contribution in [2.75, 3.05) is 0 Å². The van der Waals surface area contributed by atoms with Gasteiger partial charge in [-0.05, 0) is 29.3 Å². The number of fused-ring (bicyclic) bond motifs is 1. The first-order chi connectivity index (χ1) is 9.24. The highest BCUT2D eigenvalue weighted by molar-refractivity contribution is 5.96. The van der Waals surface area contributed by atoms with Crippen LogP contribution < -0.4 is 0 Å². The van der Waals surface area contributed by atoms with E-state index in [1.165, 1.54) is 12.1 Å². The van der Waals surface area contributed by atoms with Crippen molar-refractivity contribution in [3.8, 4) is 0 Å². The average molecular weight is 254 g/mol. The molecule has 0 radical (unpaired) electrons. The molecule has 19 heavy (non-hydrogen) atoms. The molecule has 0 aromatic heterocycles. The zero-order valence-corrected chi connectivity index (χ0v) is 10.1. The van der Waals surface area contributed by atoms with Crippen LogP contribution in [-0.2, 0) is 6.42 Å². The van der Waals surface area contributed by atoms with Gasteiger partial charge in [-0.2, -0.15) is 5.11 Å². The lowest BCUT2D eigenvalue weighted by atomic mass is 9.94. The molecule has 1 aliphatic heterocycles. The maximum Gasteiger partial charge on any atom is 0.295 e. The molecular formula is C15H11FN2O. The highest BCUT2D eigenvalue weighted by atomic mass is 19.1. The highest BCUT2D eigenvalue weighted by Crippen LogP contribution is 2.30. The summed E-state index contributed by atoms with van der Waals surface area (Å²) >= 11 is 0. The van der Waals surface area contributed by atoms with Gasteiger partial charge in [0.2, 0.25) is 0 Å². The van der Waals surface area contributed by atoms with Gasteiger partial charge in [-0.1, -0.05) is 30.3 Å². The maximum atomic E-state index is 12.9. The number of halogens is 1. The van der Waals surface area contributed by atoms with Crippen molar-refractivity contribution in [1.29, 1.82) is 0 Å². The van der Waals surface area contributed by atoms with Crippen molar-refractivity contribution < 1.29 is 9.18 Å². The first-order valence-corrected chi connectivity index (χ1v) is 6.02. The Labute approximate surface area is 109 Å². The van der Waals surface area contributed by atoms with Crippen LogP contribution in [0.5, 0.6) is 0 Å². The molecule has 0 saturated carbocycles. The molecule has 94 valence electrons. The van der Waals surface area contributed by atoms with E-state index in [2.05, 4.69) is 10.2 Å². The Morgan fingerprint density at radius 2 is 1.79 bits per heavy atom. The molecule has 0 spiro atoms. The fraction of sp³-hybridized carbons (Fsp3) is 0.133. The van der Waals surface area contributed by atoms with E-state index in [-0.39, 0.29) is 17.8 Å². The summed E-state index contributed by atoms with van der Waals surface area (Å²) < 4.78 is 12.9. The molecule has 3 rings (SSSR count). The third-order valence-electron chi connectivity index (χ3n) is 3.18. The number of hydrogen-bond acceptors (Lipinski definition) is 2. The molecule has 2 aromatic rings. The number of azo groups is 1. The SMILES string of the molecule is O=C1N=NC(Cc2ccc(F)cc2)c2ccccc21. The number of benzene rings is 2. The molecule has 1 amide bonds. The summed E-state index contributed by atoms with van der Waals surface area (Å²) in [7, 11) is 0. The quantitative estimate of drug-likeness (QED) is 0.805. The lowest BCUT2D eigenvalue weighted by Crippen LogP contribution is -2.11. The lowest BCUT2D eigenvalue weighted by molar-refractivity contribution is 0.0984. The number of rotatable bonds is 2. The molecule has 0 fully saturated rings. The molecule has 1 atom stereocenters. The van der Waals surface area contributed by atoms with E-state index in [4.69, 9.17) is 0 Å². The smallest absolute Gasteiger partial charge is 0.265 e. The van der Waals surface area contributed by atoms with E-state index >= 15 is 0 Å². The molecule has 1 unspecified atom stereocenters. The van der Waals surface area contributed by atoms with Crippen LogP contribution in [0.15, 0.2) is 58.8 Å². The average Bonchev–Trinajstić information content (AvgIpc) is 2.45. The first kappa shape index (κ1) is 11.7. The van der Waals surface area contributed by atoms with Crippen LogP contribution in [0.1, 0.15) is 27.5 Å². The Balaban J connectivity index is 1.92. The number of carbonyl (C=O) groups is 1. The standard InChI is InChI=1S/C15H11FN2O/c16-11-7-5-10(6-8-11)9-14-12-3-1-2-4-13(12)15(19)18-17-14/h1-8,14H,9H2. The normalized spacial score (nSPS) is 17.3. The minimum Gasteiger partial charge on any atom is -0.265 e. The van der Waals surface area contributed by atoms with Crippen LogP contribution in [0.2, 0.25) is 0 Å². The fourth-order valence-corrected chi connectivity index (χ4v) is 2.22. The van der Waals surface area contributed by atoms with Gasteiger partial charge in [-0.25, -0.2) is 4.39 Å². The van der Waals surface area contributed by atoms with Crippen LogP contribution in [0, 0.1) is 5.82 Å². The summed E-state index contributed by atoms with van der Waals surface area (Å²) in [6.45, 7) is 0. The molecular weight excluding hydrogens is 243 g/mol. The van der Waals surface area contributed by atoms with Gasteiger partial charge >= 0.3 is 0 Å². The number of nitrogens with zero attached hydrogens (tertiary/aromatic N) is 2. The van der Waals surface area contributed by atoms with Crippen LogP contribution in [-0.4, -0.2) is 5.91 Å². The van der Waals surface area contributed by atoms with Crippen molar-refractivity contribution in [2.45, 2.75) is 12.5 Å². The van der Waals surface area contributed by atoms with Crippen LogP contribution >= 0.6 is 0 Å². The van der Waals surface area contributed by atoms with E-state index in [0.717, 1.165) is 11.1 Å². The van der Waals surface area contributed by atoms with Crippen LogP contribution in [0.4, 0.5) is 4.39 Å². The van der Waals surface area contributed by atoms with Gasteiger partial charge in [0.05, 0.1) is 0 Å². The van der Waals surface area contributed by atoms with Gasteiger partial charge in [0, 0.05) is 12.0 Å². The number of carbonyl (C=O) groups excluding carboxylic acids is 1. The molecule has 0 saturated heterocycles. The van der Waals surface area contributed by atoms with Gasteiger partial charge in [0.1, 0.15) is 11.9 Å². The number of amides is 1. The third kappa shape index (κ3) is 2.29. The van der Waals surface area contributed by atoms with Crippen molar-refractivity contribution in [3.63, 3.8) is 0 Å². The summed E-state index contributed by atoms with van der Waals surface area (Å²) in [4.78, 5) is 11.6. The molecule has 0 bridgehead atoms. The van der Waals surface area contributed by atoms with Gasteiger partial charge in [-0.15, -0.1) is 5.11 Å². The second-order valence-electron chi connectivity index (χ2n) is 4.45. The number of hydrogen-bond donors (Lipinski definition) is 0. The van der Waals surface area contributed by atoms with Gasteiger partial charge < -0.3 is 0 Å². The fourth-order valence-electron chi connectivity index (χ4n) is 2.22. The van der Waals surface area contributed by atoms with E-state index < -0.39 is 0 Å². The van der Waals surface area contributed by atoms with E-state index in [1.807, 2.05) is 18.2 Å². The largest absolute Gasteiger partial charge is 0.295 e. The Hall–Kier alpha value is -2.36. The van der Waals surface area contributed by atoms with Crippen LogP contribution in [0.3, 0.4) is 0 Å². The van der Waals surface area contributed by atoms with E-state index in [0.29, 0.717) is 12.0 Å². The monoisotopic (exact) mass is 254 g/mol.